The van der Waals surface area contributed by atoms with E-state index in [9.17, 15) is 0 Å². The second-order valence-electron chi connectivity index (χ2n) is 3.62. The maximum Gasteiger partial charge on any atom is 0.348 e. The van der Waals surface area contributed by atoms with E-state index in [0.717, 1.165) is 10.0 Å². The Morgan fingerprint density at radius 1 is 0.765 bits per heavy atom. The molecule has 3 heteroatoms. The Bertz CT molecular complexity index is 548. The van der Waals surface area contributed by atoms with Gasteiger partial charge in [0.05, 0.1) is 5.56 Å². The molecule has 0 aliphatic carbocycles. The van der Waals surface area contributed by atoms with Gasteiger partial charge in [0.25, 0.3) is 0 Å². The van der Waals surface area contributed by atoms with Crippen LogP contribution in [-0.2, 0) is 0 Å². The molecule has 3 aromatic rings. The van der Waals surface area contributed by atoms with Gasteiger partial charge < -0.3 is 0 Å². The zero-order chi connectivity index (χ0) is 11.5. The molecule has 1 aromatic heterocycles. The summed E-state index contributed by atoms with van der Waals surface area (Å²) in [7, 11) is 3.46. The van der Waals surface area contributed by atoms with Crippen molar-refractivity contribution in [3.63, 3.8) is 0 Å². The van der Waals surface area contributed by atoms with Gasteiger partial charge in [0.2, 0.25) is 0 Å². The molecule has 0 unspecified atom stereocenters. The van der Waals surface area contributed by atoms with Gasteiger partial charge in [0, 0.05) is 5.56 Å². The van der Waals surface area contributed by atoms with Gasteiger partial charge in [0.15, 0.2) is 15.3 Å². The molecule has 0 saturated heterocycles. The maximum absolute atomic E-state index is 4.69. The monoisotopic (exact) mass is 256 g/mol. The summed E-state index contributed by atoms with van der Waals surface area (Å²) >= 11 is 0. The van der Waals surface area contributed by atoms with Gasteiger partial charge in [-0.1, -0.05) is 48.5 Å². The molecule has 1 nitrogen and oxygen atoms in total. The lowest BCUT2D eigenvalue weighted by atomic mass is 10.2. The second kappa shape index (κ2) is 4.73. The van der Waals surface area contributed by atoms with Crippen molar-refractivity contribution in [2.45, 2.75) is 0 Å². The fourth-order valence-corrected chi connectivity index (χ4v) is 3.81. The van der Waals surface area contributed by atoms with Crippen molar-refractivity contribution in [2.75, 3.05) is 0 Å². The average Bonchev–Trinajstić information content (AvgIpc) is 2.90. The summed E-state index contributed by atoms with van der Waals surface area (Å²) in [6, 6.07) is 20.6. The van der Waals surface area contributed by atoms with Gasteiger partial charge in [-0.15, -0.1) is 0 Å². The summed E-state index contributed by atoms with van der Waals surface area (Å²) in [5.41, 5.74) is 2.38. The predicted octanol–water partition coefficient (Wildman–Crippen LogP) is 4.82. The molecule has 0 atom stereocenters. The Hall–Kier alpha value is -1.58. The molecule has 0 amide bonds. The summed E-state index contributed by atoms with van der Waals surface area (Å²) in [5, 5.41) is 2.18. The molecule has 3 rings (SSSR count). The first-order valence-electron chi connectivity index (χ1n) is 5.34. The SMILES string of the molecule is c1ccc(-c2nc(-c3ccccc3)[s+]s2)cc1. The van der Waals surface area contributed by atoms with Crippen LogP contribution >= 0.6 is 20.7 Å². The summed E-state index contributed by atoms with van der Waals surface area (Å²) in [6.45, 7) is 0. The molecule has 17 heavy (non-hydrogen) atoms. The highest BCUT2D eigenvalue weighted by molar-refractivity contribution is 7.71. The molecule has 2 aromatic carbocycles. The lowest BCUT2D eigenvalue weighted by molar-refractivity contribution is 1.42. The summed E-state index contributed by atoms with van der Waals surface area (Å²) in [4.78, 5) is 4.69. The van der Waals surface area contributed by atoms with E-state index in [1.165, 1.54) is 11.1 Å². The van der Waals surface area contributed by atoms with E-state index < -0.39 is 0 Å². The third kappa shape index (κ3) is 2.25. The van der Waals surface area contributed by atoms with Crippen LogP contribution in [0.3, 0.4) is 0 Å². The Labute approximate surface area is 107 Å². The van der Waals surface area contributed by atoms with Gasteiger partial charge in [-0.05, 0) is 12.1 Å². The summed E-state index contributed by atoms with van der Waals surface area (Å²) in [6.07, 6.45) is 0. The number of nitrogens with zero attached hydrogens (tertiary/aromatic N) is 1. The maximum atomic E-state index is 4.69. The Kier molecular flexibility index (Phi) is 2.94. The van der Waals surface area contributed by atoms with E-state index >= 15 is 0 Å². The van der Waals surface area contributed by atoms with E-state index in [0.29, 0.717) is 0 Å². The third-order valence-electron chi connectivity index (χ3n) is 2.44. The van der Waals surface area contributed by atoms with Crippen molar-refractivity contribution < 1.29 is 0 Å². The molecule has 0 aliphatic rings. The highest BCUT2D eigenvalue weighted by Crippen LogP contribution is 2.33. The van der Waals surface area contributed by atoms with Gasteiger partial charge in [-0.3, -0.25) is 0 Å². The Balaban J connectivity index is 1.99. The van der Waals surface area contributed by atoms with E-state index in [-0.39, 0.29) is 0 Å². The van der Waals surface area contributed by atoms with Crippen molar-refractivity contribution in [1.82, 2.24) is 4.98 Å². The largest absolute Gasteiger partial charge is 0.348 e. The van der Waals surface area contributed by atoms with Crippen LogP contribution in [0.4, 0.5) is 0 Å². The van der Waals surface area contributed by atoms with E-state index in [1.807, 2.05) is 36.4 Å². The van der Waals surface area contributed by atoms with E-state index in [2.05, 4.69) is 29.2 Å². The van der Waals surface area contributed by atoms with Crippen molar-refractivity contribution >= 4 is 20.7 Å². The summed E-state index contributed by atoms with van der Waals surface area (Å²) < 4.78 is 0. The molecule has 0 bridgehead atoms. The fourth-order valence-electron chi connectivity index (χ4n) is 1.60. The van der Waals surface area contributed by atoms with E-state index in [4.69, 9.17) is 0 Å². The molecule has 0 N–H and O–H groups in total. The second-order valence-corrected chi connectivity index (χ2v) is 5.73. The van der Waals surface area contributed by atoms with Crippen LogP contribution in [0, 0.1) is 0 Å². The standard InChI is InChI=1S/C14H10NS2/c1-3-7-11(8-4-1)13-15-14(17-16-13)12-9-5-2-6-10-12/h1-10H/q+1. The van der Waals surface area contributed by atoms with Crippen molar-refractivity contribution in [1.29, 1.82) is 0 Å². The average molecular weight is 256 g/mol. The highest BCUT2D eigenvalue weighted by atomic mass is 32.9. The van der Waals surface area contributed by atoms with Crippen molar-refractivity contribution in [3.05, 3.63) is 60.7 Å². The number of hydrogen-bond acceptors (Lipinski definition) is 2. The lowest BCUT2D eigenvalue weighted by Crippen LogP contribution is -1.77. The molecule has 0 spiro atoms. The van der Waals surface area contributed by atoms with Crippen LogP contribution in [0.1, 0.15) is 0 Å². The van der Waals surface area contributed by atoms with Gasteiger partial charge in [-0.2, -0.15) is 4.98 Å². The first-order chi connectivity index (χ1) is 8.43. The van der Waals surface area contributed by atoms with Crippen molar-refractivity contribution in [2.24, 2.45) is 0 Å². The number of hydrogen-bond donors (Lipinski definition) is 0. The van der Waals surface area contributed by atoms with Crippen LogP contribution < -0.4 is 0 Å². The molecule has 1 heterocycles. The van der Waals surface area contributed by atoms with Crippen LogP contribution in [0.2, 0.25) is 0 Å². The molecular weight excluding hydrogens is 246 g/mol. The van der Waals surface area contributed by atoms with Gasteiger partial charge in [-0.25, -0.2) is 0 Å². The smallest absolute Gasteiger partial charge is 0.175 e. The van der Waals surface area contributed by atoms with Crippen molar-refractivity contribution in [3.8, 4) is 21.1 Å². The molecular formula is C14H10NS2+. The van der Waals surface area contributed by atoms with Crippen LogP contribution in [-0.4, -0.2) is 4.98 Å². The number of rotatable bonds is 2. The first-order valence-corrected chi connectivity index (χ1v) is 7.49. The van der Waals surface area contributed by atoms with Gasteiger partial charge in [0.1, 0.15) is 0 Å². The normalized spacial score (nSPS) is 10.4. The lowest BCUT2D eigenvalue weighted by Gasteiger charge is -1.90. The van der Waals surface area contributed by atoms with Gasteiger partial charge >= 0.3 is 15.3 Å². The number of benzene rings is 2. The molecule has 0 saturated carbocycles. The quantitative estimate of drug-likeness (QED) is 0.473. The van der Waals surface area contributed by atoms with Crippen LogP contribution in [0.15, 0.2) is 60.7 Å². The zero-order valence-electron chi connectivity index (χ0n) is 9.04. The number of aromatic nitrogens is 1. The van der Waals surface area contributed by atoms with Crippen LogP contribution in [0.25, 0.3) is 21.1 Å². The first kappa shape index (κ1) is 10.6. The molecule has 0 aliphatic heterocycles. The van der Waals surface area contributed by atoms with Crippen LogP contribution in [0.5, 0.6) is 0 Å². The molecule has 82 valence electrons. The topological polar surface area (TPSA) is 12.9 Å². The minimum Gasteiger partial charge on any atom is -0.175 e. The zero-order valence-corrected chi connectivity index (χ0v) is 10.7. The van der Waals surface area contributed by atoms with E-state index in [1.54, 1.807) is 20.7 Å². The molecule has 0 radical (unpaired) electrons. The minimum atomic E-state index is 1.09. The minimum absolute atomic E-state index is 1.09. The predicted molar refractivity (Wildman–Crippen MR) is 75.3 cm³/mol. The summed E-state index contributed by atoms with van der Waals surface area (Å²) in [5.74, 6) is 0. The highest BCUT2D eigenvalue weighted by Gasteiger charge is 2.18. The molecule has 0 fully saturated rings. The third-order valence-corrected chi connectivity index (χ3v) is 4.69. The Morgan fingerprint density at radius 2 is 1.35 bits per heavy atom. The Morgan fingerprint density at radius 3 is 2.00 bits per heavy atom. The fraction of sp³-hybridized carbons (Fsp3) is 0.